The molecule has 1 unspecified atom stereocenters. The Hall–Kier alpha value is -2.82. The molecule has 0 radical (unpaired) electrons. The van der Waals surface area contributed by atoms with Crippen LogP contribution in [0.15, 0.2) is 53.1 Å². The SMILES string of the molecule is COc1ccccc1-c1noc(CN2c3ccccc3CCC2C)n1. The van der Waals surface area contributed by atoms with Crippen molar-refractivity contribution in [2.75, 3.05) is 12.0 Å². The predicted molar refractivity (Wildman–Crippen MR) is 96.7 cm³/mol. The van der Waals surface area contributed by atoms with Crippen LogP contribution < -0.4 is 9.64 Å². The second-order valence-corrected chi connectivity index (χ2v) is 6.36. The van der Waals surface area contributed by atoms with Gasteiger partial charge in [0.15, 0.2) is 0 Å². The van der Waals surface area contributed by atoms with Crippen LogP contribution in [0.5, 0.6) is 5.75 Å². The predicted octanol–water partition coefficient (Wildman–Crippen LogP) is 4.09. The second-order valence-electron chi connectivity index (χ2n) is 6.36. The van der Waals surface area contributed by atoms with Gasteiger partial charge in [-0.2, -0.15) is 4.98 Å². The summed E-state index contributed by atoms with van der Waals surface area (Å²) in [6.45, 7) is 2.85. The Kier molecular flexibility index (Phi) is 4.14. The largest absolute Gasteiger partial charge is 0.496 e. The molecule has 1 atom stereocenters. The van der Waals surface area contributed by atoms with Gasteiger partial charge in [-0.25, -0.2) is 0 Å². The zero-order valence-electron chi connectivity index (χ0n) is 14.5. The Balaban J connectivity index is 1.62. The third-order valence-electron chi connectivity index (χ3n) is 4.79. The summed E-state index contributed by atoms with van der Waals surface area (Å²) >= 11 is 0. The smallest absolute Gasteiger partial charge is 0.246 e. The maximum atomic E-state index is 5.53. The van der Waals surface area contributed by atoms with Gasteiger partial charge in [0, 0.05) is 11.7 Å². The number of hydrogen-bond acceptors (Lipinski definition) is 5. The molecule has 1 aliphatic rings. The Morgan fingerprint density at radius 3 is 2.84 bits per heavy atom. The number of para-hydroxylation sites is 2. The van der Waals surface area contributed by atoms with Crippen molar-refractivity contribution in [2.45, 2.75) is 32.4 Å². The normalized spacial score (nSPS) is 16.6. The summed E-state index contributed by atoms with van der Waals surface area (Å²) in [6.07, 6.45) is 2.24. The summed E-state index contributed by atoms with van der Waals surface area (Å²) in [7, 11) is 1.65. The molecule has 0 amide bonds. The van der Waals surface area contributed by atoms with Gasteiger partial charge in [0.05, 0.1) is 19.2 Å². The van der Waals surface area contributed by atoms with E-state index in [1.165, 1.54) is 11.3 Å². The molecule has 0 bridgehead atoms. The molecule has 0 saturated heterocycles. The van der Waals surface area contributed by atoms with E-state index in [4.69, 9.17) is 9.26 Å². The highest BCUT2D eigenvalue weighted by Crippen LogP contribution is 2.32. The average Bonchev–Trinajstić information content (AvgIpc) is 3.12. The van der Waals surface area contributed by atoms with Gasteiger partial charge in [0.1, 0.15) is 5.75 Å². The van der Waals surface area contributed by atoms with E-state index in [1.807, 2.05) is 24.3 Å². The summed E-state index contributed by atoms with van der Waals surface area (Å²) in [4.78, 5) is 6.94. The van der Waals surface area contributed by atoms with E-state index >= 15 is 0 Å². The molecule has 0 spiro atoms. The third kappa shape index (κ3) is 2.97. The minimum Gasteiger partial charge on any atom is -0.496 e. The fraction of sp³-hybridized carbons (Fsp3) is 0.300. The van der Waals surface area contributed by atoms with Gasteiger partial charge in [-0.3, -0.25) is 0 Å². The van der Waals surface area contributed by atoms with Crippen LogP contribution in [-0.2, 0) is 13.0 Å². The number of methoxy groups -OCH3 is 1. The van der Waals surface area contributed by atoms with Crippen LogP contribution in [0.1, 0.15) is 24.8 Å². The van der Waals surface area contributed by atoms with Crippen molar-refractivity contribution in [2.24, 2.45) is 0 Å². The molecular formula is C20H21N3O2. The molecular weight excluding hydrogens is 314 g/mol. The van der Waals surface area contributed by atoms with E-state index in [0.717, 1.165) is 24.2 Å². The first-order valence-corrected chi connectivity index (χ1v) is 8.57. The minimum absolute atomic E-state index is 0.441. The van der Waals surface area contributed by atoms with Crippen molar-refractivity contribution < 1.29 is 9.26 Å². The third-order valence-corrected chi connectivity index (χ3v) is 4.79. The van der Waals surface area contributed by atoms with Crippen molar-refractivity contribution in [3.05, 3.63) is 60.0 Å². The van der Waals surface area contributed by atoms with Crippen LogP contribution in [0.4, 0.5) is 5.69 Å². The van der Waals surface area contributed by atoms with Crippen molar-refractivity contribution in [3.63, 3.8) is 0 Å². The zero-order valence-corrected chi connectivity index (χ0v) is 14.5. The molecule has 0 saturated carbocycles. The van der Waals surface area contributed by atoms with Crippen LogP contribution in [0.3, 0.4) is 0 Å². The van der Waals surface area contributed by atoms with Gasteiger partial charge in [0.25, 0.3) is 0 Å². The lowest BCUT2D eigenvalue weighted by molar-refractivity contribution is 0.369. The molecule has 0 N–H and O–H groups in total. The van der Waals surface area contributed by atoms with E-state index in [-0.39, 0.29) is 0 Å². The maximum Gasteiger partial charge on any atom is 0.246 e. The first-order valence-electron chi connectivity index (χ1n) is 8.57. The summed E-state index contributed by atoms with van der Waals surface area (Å²) < 4.78 is 10.9. The standard InChI is InChI=1S/C20H21N3O2/c1-14-11-12-15-7-3-5-9-17(15)23(14)13-19-21-20(22-25-19)16-8-4-6-10-18(16)24-2/h3-10,14H,11-13H2,1-2H3. The average molecular weight is 335 g/mol. The summed E-state index contributed by atoms with van der Waals surface area (Å²) in [6, 6.07) is 16.7. The number of ether oxygens (including phenoxy) is 1. The van der Waals surface area contributed by atoms with E-state index in [2.05, 4.69) is 46.2 Å². The van der Waals surface area contributed by atoms with Gasteiger partial charge >= 0.3 is 0 Å². The quantitative estimate of drug-likeness (QED) is 0.719. The molecule has 3 aromatic rings. The van der Waals surface area contributed by atoms with Crippen LogP contribution >= 0.6 is 0 Å². The Morgan fingerprint density at radius 2 is 1.96 bits per heavy atom. The molecule has 4 rings (SSSR count). The molecule has 128 valence electrons. The molecule has 0 fully saturated rings. The molecule has 2 aromatic carbocycles. The summed E-state index contributed by atoms with van der Waals surface area (Å²) in [5.74, 6) is 1.92. The lowest BCUT2D eigenvalue weighted by Crippen LogP contribution is -2.36. The number of nitrogens with zero attached hydrogens (tertiary/aromatic N) is 3. The van der Waals surface area contributed by atoms with Gasteiger partial charge < -0.3 is 14.2 Å². The molecule has 5 heteroatoms. The highest BCUT2D eigenvalue weighted by molar-refractivity contribution is 5.63. The van der Waals surface area contributed by atoms with Gasteiger partial charge in [-0.05, 0) is 43.5 Å². The number of benzene rings is 2. The van der Waals surface area contributed by atoms with Crippen molar-refractivity contribution in [3.8, 4) is 17.1 Å². The van der Waals surface area contributed by atoms with Gasteiger partial charge in [0.2, 0.25) is 11.7 Å². The van der Waals surface area contributed by atoms with E-state index < -0.39 is 0 Å². The lowest BCUT2D eigenvalue weighted by atomic mass is 9.97. The Labute approximate surface area is 147 Å². The van der Waals surface area contributed by atoms with Crippen LogP contribution in [0, 0.1) is 0 Å². The monoisotopic (exact) mass is 335 g/mol. The number of aryl methyl sites for hydroxylation is 1. The number of rotatable bonds is 4. The van der Waals surface area contributed by atoms with Gasteiger partial charge in [-0.15, -0.1) is 0 Å². The van der Waals surface area contributed by atoms with E-state index in [1.54, 1.807) is 7.11 Å². The lowest BCUT2D eigenvalue weighted by Gasteiger charge is -2.36. The minimum atomic E-state index is 0.441. The van der Waals surface area contributed by atoms with Crippen molar-refractivity contribution >= 4 is 5.69 Å². The zero-order chi connectivity index (χ0) is 17.2. The molecule has 25 heavy (non-hydrogen) atoms. The maximum absolute atomic E-state index is 5.53. The second kappa shape index (κ2) is 6.59. The molecule has 2 heterocycles. The van der Waals surface area contributed by atoms with Crippen molar-refractivity contribution in [1.82, 2.24) is 10.1 Å². The Bertz CT molecular complexity index is 875. The molecule has 1 aliphatic heterocycles. The molecule has 0 aliphatic carbocycles. The van der Waals surface area contributed by atoms with E-state index in [9.17, 15) is 0 Å². The fourth-order valence-electron chi connectivity index (χ4n) is 3.40. The number of hydrogen-bond donors (Lipinski definition) is 0. The Morgan fingerprint density at radius 1 is 1.16 bits per heavy atom. The highest BCUT2D eigenvalue weighted by Gasteiger charge is 2.25. The fourth-order valence-corrected chi connectivity index (χ4v) is 3.40. The number of fused-ring (bicyclic) bond motifs is 1. The first kappa shape index (κ1) is 15.7. The van der Waals surface area contributed by atoms with Gasteiger partial charge in [-0.1, -0.05) is 35.5 Å². The summed E-state index contributed by atoms with van der Waals surface area (Å²) in [5.41, 5.74) is 3.48. The first-order chi connectivity index (χ1) is 12.3. The van der Waals surface area contributed by atoms with Crippen molar-refractivity contribution in [1.29, 1.82) is 0 Å². The van der Waals surface area contributed by atoms with Crippen LogP contribution in [-0.4, -0.2) is 23.3 Å². The van der Waals surface area contributed by atoms with Crippen LogP contribution in [0.25, 0.3) is 11.4 Å². The number of aromatic nitrogens is 2. The van der Waals surface area contributed by atoms with E-state index in [0.29, 0.717) is 24.3 Å². The number of anilines is 1. The summed E-state index contributed by atoms with van der Waals surface area (Å²) in [5, 5.41) is 4.15. The molecule has 1 aromatic heterocycles. The molecule has 5 nitrogen and oxygen atoms in total. The topological polar surface area (TPSA) is 51.4 Å². The van der Waals surface area contributed by atoms with Crippen LogP contribution in [0.2, 0.25) is 0 Å². The highest BCUT2D eigenvalue weighted by atomic mass is 16.5.